The monoisotopic (exact) mass is 764 g/mol. The number of hydrogen-bond donors (Lipinski definition) is 3. The third-order valence-corrected chi connectivity index (χ3v) is 9.90. The van der Waals surface area contributed by atoms with Crippen molar-refractivity contribution in [1.29, 1.82) is 0 Å². The van der Waals surface area contributed by atoms with E-state index in [0.29, 0.717) is 45.3 Å². The summed E-state index contributed by atoms with van der Waals surface area (Å²) in [5, 5.41) is 11.1. The van der Waals surface area contributed by atoms with Gasteiger partial charge in [-0.15, -0.1) is 17.9 Å². The molecular formula is C38H48N6O9S. The first-order valence-corrected chi connectivity index (χ1v) is 18.4. The van der Waals surface area contributed by atoms with Gasteiger partial charge in [-0.2, -0.15) is 0 Å². The molecule has 3 heterocycles. The van der Waals surface area contributed by atoms with E-state index < -0.39 is 58.6 Å². The van der Waals surface area contributed by atoms with Gasteiger partial charge in [-0.3, -0.25) is 14.4 Å². The molecule has 3 aromatic rings. The lowest BCUT2D eigenvalue weighted by molar-refractivity contribution is -0.148. The summed E-state index contributed by atoms with van der Waals surface area (Å²) in [6.07, 6.45) is 0.436. The van der Waals surface area contributed by atoms with Gasteiger partial charge in [0.15, 0.2) is 5.13 Å². The van der Waals surface area contributed by atoms with Crippen LogP contribution in [0.15, 0.2) is 42.3 Å². The minimum Gasteiger partial charge on any atom is -0.497 e. The molecule has 1 aliphatic carbocycles. The number of nitrogens with zero attached hydrogens (tertiary/aromatic N) is 3. The van der Waals surface area contributed by atoms with Crippen LogP contribution in [0.4, 0.5) is 9.93 Å². The van der Waals surface area contributed by atoms with Gasteiger partial charge in [-0.25, -0.2) is 19.6 Å². The zero-order valence-corrected chi connectivity index (χ0v) is 32.8. The molecule has 5 rings (SSSR count). The fraction of sp³-hybridized carbons (Fsp3) is 0.500. The molecule has 3 unspecified atom stereocenters. The second-order valence-electron chi connectivity index (χ2n) is 15.5. The molecule has 290 valence electrons. The van der Waals surface area contributed by atoms with E-state index in [0.717, 1.165) is 0 Å². The second kappa shape index (κ2) is 15.2. The van der Waals surface area contributed by atoms with Crippen molar-refractivity contribution in [3.8, 4) is 22.9 Å². The lowest BCUT2D eigenvalue weighted by atomic mass is 9.85. The highest BCUT2D eigenvalue weighted by Gasteiger charge is 2.62. The van der Waals surface area contributed by atoms with Crippen molar-refractivity contribution >= 4 is 57.2 Å². The number of aromatic nitrogens is 2. The van der Waals surface area contributed by atoms with E-state index in [1.807, 2.05) is 0 Å². The number of hydrogen-bond acceptors (Lipinski definition) is 12. The molecule has 5 atom stereocenters. The highest BCUT2D eigenvalue weighted by molar-refractivity contribution is 7.14. The van der Waals surface area contributed by atoms with Gasteiger partial charge in [0.2, 0.25) is 17.7 Å². The van der Waals surface area contributed by atoms with Crippen molar-refractivity contribution in [3.05, 3.63) is 42.3 Å². The van der Waals surface area contributed by atoms with E-state index in [2.05, 4.69) is 27.5 Å². The van der Waals surface area contributed by atoms with Crippen LogP contribution in [0.1, 0.15) is 61.3 Å². The number of alkyl carbamates (subject to hydrolysis) is 1. The van der Waals surface area contributed by atoms with Gasteiger partial charge in [0.1, 0.15) is 46.5 Å². The Morgan fingerprint density at radius 1 is 1.06 bits per heavy atom. The van der Waals surface area contributed by atoms with E-state index in [4.69, 9.17) is 23.9 Å². The summed E-state index contributed by atoms with van der Waals surface area (Å²) in [7, 11) is 2.79. The fourth-order valence-corrected chi connectivity index (χ4v) is 7.16. The van der Waals surface area contributed by atoms with Crippen LogP contribution in [0, 0.1) is 11.3 Å². The van der Waals surface area contributed by atoms with E-state index in [9.17, 15) is 24.0 Å². The summed E-state index contributed by atoms with van der Waals surface area (Å²) in [4.78, 5) is 77.0. The fourth-order valence-electron chi connectivity index (χ4n) is 6.41. The zero-order chi connectivity index (χ0) is 39.7. The number of methoxy groups -OCH3 is 2. The van der Waals surface area contributed by atoms with Crippen LogP contribution < -0.4 is 25.4 Å². The zero-order valence-electron chi connectivity index (χ0n) is 32.0. The molecule has 2 aromatic heterocycles. The summed E-state index contributed by atoms with van der Waals surface area (Å²) >= 11 is 1.24. The maximum absolute atomic E-state index is 14.6. The summed E-state index contributed by atoms with van der Waals surface area (Å²) < 4.78 is 22.6. The topological polar surface area (TPSA) is 187 Å². The SMILES string of the molecule is C=C[C@H]1CC1(NC(=O)C1CC(Oc2cc(-c3csc(NC(C)=O)n3)nc3cc(OC)ccc23)CN1C(=O)[C@@H](NC(=O)OC(C)(C)C)C(C)(C)C)C(=O)OC. The molecule has 2 aliphatic rings. The number of nitrogens with one attached hydrogen (secondary N) is 3. The minimum absolute atomic E-state index is 0.0334. The summed E-state index contributed by atoms with van der Waals surface area (Å²) in [6, 6.07) is 4.85. The highest BCUT2D eigenvalue weighted by Crippen LogP contribution is 2.46. The summed E-state index contributed by atoms with van der Waals surface area (Å²) in [5.41, 5.74) is -1.44. The Labute approximate surface area is 318 Å². The molecule has 4 amide bonds. The average Bonchev–Trinajstić information content (AvgIpc) is 3.36. The van der Waals surface area contributed by atoms with E-state index in [-0.39, 0.29) is 24.8 Å². The first-order chi connectivity index (χ1) is 25.3. The Morgan fingerprint density at radius 2 is 1.78 bits per heavy atom. The molecule has 1 aromatic carbocycles. The van der Waals surface area contributed by atoms with Crippen LogP contribution >= 0.6 is 11.3 Å². The number of thiazole rings is 1. The number of fused-ring (bicyclic) bond motifs is 1. The van der Waals surface area contributed by atoms with Crippen LogP contribution in [0.2, 0.25) is 0 Å². The molecule has 16 heteroatoms. The Kier molecular flexibility index (Phi) is 11.3. The van der Waals surface area contributed by atoms with Gasteiger partial charge in [-0.1, -0.05) is 26.8 Å². The van der Waals surface area contributed by atoms with Crippen molar-refractivity contribution in [3.63, 3.8) is 0 Å². The van der Waals surface area contributed by atoms with Crippen molar-refractivity contribution in [2.24, 2.45) is 11.3 Å². The molecule has 54 heavy (non-hydrogen) atoms. The summed E-state index contributed by atoms with van der Waals surface area (Å²) in [6.45, 7) is 15.7. The van der Waals surface area contributed by atoms with Gasteiger partial charge >= 0.3 is 12.1 Å². The number of likely N-dealkylation sites (tertiary alicyclic amines) is 1. The Morgan fingerprint density at radius 3 is 2.37 bits per heavy atom. The number of pyridine rings is 1. The number of anilines is 1. The standard InChI is InChI=1S/C38H48N6O9S/c1-11-21-17-38(21,33(48)51-10)43-31(46)28-15-23(18-44(28)32(47)30(36(3,4)5)42-35(49)53-37(6,7)8)52-29-16-26(27-19-54-34(41-27)39-20(2)45)40-25-14-22(50-9)12-13-24(25)29/h11-14,16,19,21,23,28,30H,1,15,17-18H2,2-10H3,(H,42,49)(H,43,46)(H,39,41,45)/t21-,23?,28?,30+,38?/m0/s1. The maximum atomic E-state index is 14.6. The first-order valence-electron chi connectivity index (χ1n) is 17.5. The first kappa shape index (κ1) is 39.9. The minimum atomic E-state index is -1.31. The molecule has 1 aliphatic heterocycles. The van der Waals surface area contributed by atoms with Crippen LogP contribution in [0.25, 0.3) is 22.3 Å². The largest absolute Gasteiger partial charge is 0.497 e. The lowest BCUT2D eigenvalue weighted by Gasteiger charge is -2.36. The molecule has 3 N–H and O–H groups in total. The number of carbonyl (C=O) groups excluding carboxylic acids is 5. The predicted octanol–water partition coefficient (Wildman–Crippen LogP) is 4.85. The molecule has 1 saturated heterocycles. The van der Waals surface area contributed by atoms with E-state index in [1.54, 1.807) is 84.4 Å². The normalized spacial score (nSPS) is 21.4. The van der Waals surface area contributed by atoms with Crippen molar-refractivity contribution in [2.45, 2.75) is 90.6 Å². The number of carbonyl (C=O) groups is 5. The maximum Gasteiger partial charge on any atom is 0.408 e. The molecule has 15 nitrogen and oxygen atoms in total. The molecule has 0 radical (unpaired) electrons. The number of ether oxygens (including phenoxy) is 4. The van der Waals surface area contributed by atoms with E-state index in [1.165, 1.54) is 30.3 Å². The molecule has 0 spiro atoms. The lowest BCUT2D eigenvalue weighted by Crippen LogP contribution is -2.59. The highest BCUT2D eigenvalue weighted by atomic mass is 32.1. The van der Waals surface area contributed by atoms with Gasteiger partial charge in [0, 0.05) is 42.2 Å². The number of benzene rings is 1. The molecule has 0 bridgehead atoms. The smallest absolute Gasteiger partial charge is 0.408 e. The summed E-state index contributed by atoms with van der Waals surface area (Å²) in [5.74, 6) is -1.36. The van der Waals surface area contributed by atoms with Crippen LogP contribution in [0.3, 0.4) is 0 Å². The van der Waals surface area contributed by atoms with Gasteiger partial charge < -0.3 is 39.8 Å². The van der Waals surface area contributed by atoms with E-state index >= 15 is 0 Å². The van der Waals surface area contributed by atoms with Crippen molar-refractivity contribution in [2.75, 3.05) is 26.1 Å². The van der Waals surface area contributed by atoms with Crippen molar-refractivity contribution < 1.29 is 42.9 Å². The van der Waals surface area contributed by atoms with Gasteiger partial charge in [0.25, 0.3) is 0 Å². The second-order valence-corrected chi connectivity index (χ2v) is 16.4. The van der Waals surface area contributed by atoms with Gasteiger partial charge in [0.05, 0.1) is 32.0 Å². The Balaban J connectivity index is 1.52. The van der Waals surface area contributed by atoms with Crippen LogP contribution in [-0.2, 0) is 28.7 Å². The molecular weight excluding hydrogens is 717 g/mol. The van der Waals surface area contributed by atoms with Gasteiger partial charge in [-0.05, 0) is 44.7 Å². The third kappa shape index (κ3) is 8.75. The number of esters is 1. The van der Waals surface area contributed by atoms with Crippen molar-refractivity contribution in [1.82, 2.24) is 25.5 Å². The van der Waals surface area contributed by atoms with Crippen LogP contribution in [0.5, 0.6) is 11.5 Å². The molecule has 1 saturated carbocycles. The Bertz CT molecular complexity index is 1970. The predicted molar refractivity (Wildman–Crippen MR) is 202 cm³/mol. The quantitative estimate of drug-likeness (QED) is 0.179. The average molecular weight is 765 g/mol. The van der Waals surface area contributed by atoms with Crippen LogP contribution in [-0.4, -0.2) is 94.7 Å². The molecule has 2 fully saturated rings. The number of amides is 4. The Hall–Kier alpha value is -5.25. The number of rotatable bonds is 11. The third-order valence-electron chi connectivity index (χ3n) is 9.14.